The van der Waals surface area contributed by atoms with Crippen molar-refractivity contribution in [1.29, 1.82) is 0 Å². The highest BCUT2D eigenvalue weighted by Gasteiger charge is 2.15. The summed E-state index contributed by atoms with van der Waals surface area (Å²) in [6.07, 6.45) is 4.38. The van der Waals surface area contributed by atoms with Crippen molar-refractivity contribution in [2.24, 2.45) is 0 Å². The highest BCUT2D eigenvalue weighted by molar-refractivity contribution is 5.84. The number of amides is 1. The van der Waals surface area contributed by atoms with Crippen LogP contribution in [0.25, 0.3) is 0 Å². The van der Waals surface area contributed by atoms with E-state index in [0.717, 1.165) is 25.9 Å². The van der Waals surface area contributed by atoms with Gasteiger partial charge in [0.25, 0.3) is 0 Å². The summed E-state index contributed by atoms with van der Waals surface area (Å²) in [4.78, 5) is 22.2. The molecule has 8 heteroatoms. The molecule has 2 heterocycles. The Bertz CT molecular complexity index is 453. The molecule has 1 aliphatic heterocycles. The maximum Gasteiger partial charge on any atom is 0.358 e. The molecule has 1 fully saturated rings. The molecule has 1 aliphatic rings. The van der Waals surface area contributed by atoms with Crippen LogP contribution in [0, 0.1) is 0 Å². The van der Waals surface area contributed by atoms with Crippen LogP contribution in [-0.2, 0) is 16.1 Å². The number of carboxylic acid groups (broad SMARTS) is 1. The Balaban J connectivity index is 1.69. The molecular formula is C11H16N4O4. The van der Waals surface area contributed by atoms with Gasteiger partial charge in [0.05, 0.1) is 12.3 Å². The Kier molecular flexibility index (Phi) is 4.45. The maximum atomic E-state index is 11.6. The van der Waals surface area contributed by atoms with Crippen LogP contribution >= 0.6 is 0 Å². The Hall–Kier alpha value is -1.96. The normalized spacial score (nSPS) is 18.4. The minimum atomic E-state index is -1.16. The van der Waals surface area contributed by atoms with Gasteiger partial charge in [-0.1, -0.05) is 5.21 Å². The van der Waals surface area contributed by atoms with Crippen molar-refractivity contribution in [3.05, 3.63) is 11.9 Å². The maximum absolute atomic E-state index is 11.6. The average Bonchev–Trinajstić information content (AvgIpc) is 3.00. The molecule has 0 aromatic carbocycles. The highest BCUT2D eigenvalue weighted by Crippen LogP contribution is 2.14. The summed E-state index contributed by atoms with van der Waals surface area (Å²) in [5.74, 6) is -1.38. The van der Waals surface area contributed by atoms with Crippen molar-refractivity contribution in [1.82, 2.24) is 20.3 Å². The van der Waals surface area contributed by atoms with E-state index in [0.29, 0.717) is 6.54 Å². The van der Waals surface area contributed by atoms with Crippen LogP contribution < -0.4 is 5.32 Å². The second-order valence-corrected chi connectivity index (χ2v) is 4.38. The van der Waals surface area contributed by atoms with E-state index < -0.39 is 5.97 Å². The number of carbonyl (C=O) groups excluding carboxylic acids is 1. The lowest BCUT2D eigenvalue weighted by atomic mass is 10.2. The summed E-state index contributed by atoms with van der Waals surface area (Å²) in [7, 11) is 0. The molecule has 0 radical (unpaired) electrons. The van der Waals surface area contributed by atoms with Gasteiger partial charge in [0.2, 0.25) is 5.91 Å². The first-order valence-electron chi connectivity index (χ1n) is 6.17. The number of aromatic nitrogens is 3. The SMILES string of the molecule is O=C(Cn1cc(C(=O)O)nn1)NCCC1CCCO1. The summed E-state index contributed by atoms with van der Waals surface area (Å²) in [5, 5.41) is 18.4. The first kappa shape index (κ1) is 13.5. The van der Waals surface area contributed by atoms with Gasteiger partial charge in [-0.25, -0.2) is 9.48 Å². The molecule has 1 atom stereocenters. The smallest absolute Gasteiger partial charge is 0.358 e. The second kappa shape index (κ2) is 6.28. The summed E-state index contributed by atoms with van der Waals surface area (Å²) in [6, 6.07) is 0. The number of hydrogen-bond acceptors (Lipinski definition) is 5. The lowest BCUT2D eigenvalue weighted by Gasteiger charge is -2.09. The van der Waals surface area contributed by atoms with E-state index in [2.05, 4.69) is 15.6 Å². The van der Waals surface area contributed by atoms with E-state index in [1.54, 1.807) is 0 Å². The highest BCUT2D eigenvalue weighted by atomic mass is 16.5. The van der Waals surface area contributed by atoms with Gasteiger partial charge in [0, 0.05) is 13.2 Å². The Morgan fingerprint density at radius 2 is 2.42 bits per heavy atom. The van der Waals surface area contributed by atoms with Crippen LogP contribution in [0.5, 0.6) is 0 Å². The number of ether oxygens (including phenoxy) is 1. The summed E-state index contributed by atoms with van der Waals surface area (Å²) < 4.78 is 6.64. The number of carboxylic acids is 1. The number of aromatic carboxylic acids is 1. The molecule has 1 aromatic rings. The Labute approximate surface area is 109 Å². The van der Waals surface area contributed by atoms with Crippen LogP contribution in [0.1, 0.15) is 29.8 Å². The zero-order chi connectivity index (χ0) is 13.7. The van der Waals surface area contributed by atoms with E-state index >= 15 is 0 Å². The third kappa shape index (κ3) is 4.02. The molecule has 8 nitrogen and oxygen atoms in total. The molecule has 104 valence electrons. The molecule has 0 saturated carbocycles. The van der Waals surface area contributed by atoms with Gasteiger partial charge >= 0.3 is 5.97 Å². The molecule has 0 spiro atoms. The minimum absolute atomic E-state index is 0.0359. The molecule has 1 amide bonds. The van der Waals surface area contributed by atoms with Gasteiger partial charge < -0.3 is 15.2 Å². The average molecular weight is 268 g/mol. The van der Waals surface area contributed by atoms with E-state index in [-0.39, 0.29) is 24.2 Å². The molecule has 2 rings (SSSR count). The molecule has 19 heavy (non-hydrogen) atoms. The van der Waals surface area contributed by atoms with Gasteiger partial charge in [0.1, 0.15) is 6.54 Å². The largest absolute Gasteiger partial charge is 0.476 e. The van der Waals surface area contributed by atoms with Gasteiger partial charge in [-0.3, -0.25) is 4.79 Å². The molecule has 1 unspecified atom stereocenters. The van der Waals surface area contributed by atoms with Gasteiger partial charge in [-0.2, -0.15) is 0 Å². The zero-order valence-electron chi connectivity index (χ0n) is 10.4. The van der Waals surface area contributed by atoms with E-state index in [1.807, 2.05) is 0 Å². The van der Waals surface area contributed by atoms with Crippen LogP contribution in [-0.4, -0.2) is 51.2 Å². The minimum Gasteiger partial charge on any atom is -0.476 e. The molecular weight excluding hydrogens is 252 g/mol. The van der Waals surface area contributed by atoms with Crippen LogP contribution in [0.3, 0.4) is 0 Å². The van der Waals surface area contributed by atoms with E-state index in [1.165, 1.54) is 10.9 Å². The third-order valence-electron chi connectivity index (χ3n) is 2.88. The predicted molar refractivity (Wildman–Crippen MR) is 63.6 cm³/mol. The Morgan fingerprint density at radius 1 is 1.58 bits per heavy atom. The fourth-order valence-electron chi connectivity index (χ4n) is 1.92. The van der Waals surface area contributed by atoms with Crippen molar-refractivity contribution in [3.8, 4) is 0 Å². The summed E-state index contributed by atoms with van der Waals surface area (Å²) in [6.45, 7) is 1.31. The zero-order valence-corrected chi connectivity index (χ0v) is 10.4. The molecule has 1 saturated heterocycles. The fourth-order valence-corrected chi connectivity index (χ4v) is 1.92. The van der Waals surface area contributed by atoms with Gasteiger partial charge in [-0.15, -0.1) is 5.10 Å². The number of hydrogen-bond donors (Lipinski definition) is 2. The molecule has 1 aromatic heterocycles. The standard InChI is InChI=1S/C11H16N4O4/c16-10(12-4-3-8-2-1-5-19-8)7-15-6-9(11(17)18)13-14-15/h6,8H,1-5,7H2,(H,12,16)(H,17,18). The fraction of sp³-hybridized carbons (Fsp3) is 0.636. The van der Waals surface area contributed by atoms with E-state index in [9.17, 15) is 9.59 Å². The number of nitrogens with one attached hydrogen (secondary N) is 1. The van der Waals surface area contributed by atoms with Crippen molar-refractivity contribution < 1.29 is 19.4 Å². The predicted octanol–water partition coefficient (Wildman–Crippen LogP) is -0.338. The number of nitrogens with zero attached hydrogens (tertiary/aromatic N) is 3. The van der Waals surface area contributed by atoms with Crippen molar-refractivity contribution >= 4 is 11.9 Å². The third-order valence-corrected chi connectivity index (χ3v) is 2.88. The molecule has 2 N–H and O–H groups in total. The van der Waals surface area contributed by atoms with Crippen molar-refractivity contribution in [2.45, 2.75) is 31.9 Å². The molecule has 0 aliphatic carbocycles. The van der Waals surface area contributed by atoms with Crippen LogP contribution in [0.2, 0.25) is 0 Å². The van der Waals surface area contributed by atoms with E-state index in [4.69, 9.17) is 9.84 Å². The first-order valence-corrected chi connectivity index (χ1v) is 6.17. The number of rotatable bonds is 6. The summed E-state index contributed by atoms with van der Waals surface area (Å²) >= 11 is 0. The van der Waals surface area contributed by atoms with Crippen LogP contribution in [0.15, 0.2) is 6.20 Å². The van der Waals surface area contributed by atoms with Gasteiger partial charge in [0.15, 0.2) is 5.69 Å². The van der Waals surface area contributed by atoms with Crippen molar-refractivity contribution in [2.75, 3.05) is 13.2 Å². The lowest BCUT2D eigenvalue weighted by molar-refractivity contribution is -0.121. The second-order valence-electron chi connectivity index (χ2n) is 4.38. The van der Waals surface area contributed by atoms with Crippen molar-refractivity contribution in [3.63, 3.8) is 0 Å². The Morgan fingerprint density at radius 3 is 3.05 bits per heavy atom. The quantitative estimate of drug-likeness (QED) is 0.731. The topological polar surface area (TPSA) is 106 Å². The number of carbonyl (C=O) groups is 2. The lowest BCUT2D eigenvalue weighted by Crippen LogP contribution is -2.30. The van der Waals surface area contributed by atoms with Gasteiger partial charge in [-0.05, 0) is 19.3 Å². The first-order chi connectivity index (χ1) is 9.15. The monoisotopic (exact) mass is 268 g/mol. The van der Waals surface area contributed by atoms with Crippen LogP contribution in [0.4, 0.5) is 0 Å². The molecule has 0 bridgehead atoms. The summed E-state index contributed by atoms with van der Waals surface area (Å²) in [5.41, 5.74) is -0.174.